The summed E-state index contributed by atoms with van der Waals surface area (Å²) in [6, 6.07) is 3.47. The molecule has 0 heterocycles. The molecule has 0 saturated carbocycles. The first kappa shape index (κ1) is 40.7. The van der Waals surface area contributed by atoms with E-state index in [2.05, 4.69) is 26.6 Å². The van der Waals surface area contributed by atoms with E-state index in [4.69, 9.17) is 5.73 Å². The highest BCUT2D eigenvalue weighted by molar-refractivity contribution is 7.85. The first-order chi connectivity index (χ1) is 21.7. The van der Waals surface area contributed by atoms with Gasteiger partial charge in [0.25, 0.3) is 16.0 Å². The number of unbranched alkanes of at least 4 members (excludes halogenated alkanes) is 1. The van der Waals surface area contributed by atoms with Crippen molar-refractivity contribution in [1.29, 1.82) is 0 Å². The van der Waals surface area contributed by atoms with Gasteiger partial charge in [-0.2, -0.15) is 8.42 Å². The van der Waals surface area contributed by atoms with Crippen LogP contribution in [0.25, 0.3) is 0 Å². The number of hydrogen-bond acceptors (Lipinski definition) is 9. The second kappa shape index (κ2) is 18.1. The number of carboxylic acid groups (broad SMARTS) is 1. The Bertz CT molecular complexity index is 1390. The predicted molar refractivity (Wildman–Crippen MR) is 169 cm³/mol. The summed E-state index contributed by atoms with van der Waals surface area (Å²) in [7, 11) is -4.79. The minimum absolute atomic E-state index is 0.100. The minimum atomic E-state index is -4.79. The van der Waals surface area contributed by atoms with Crippen LogP contribution in [-0.4, -0.2) is 97.7 Å². The van der Waals surface area contributed by atoms with Gasteiger partial charge >= 0.3 is 5.97 Å². The molecule has 1 aromatic rings. The largest absolute Gasteiger partial charge is 0.481 e. The van der Waals surface area contributed by atoms with E-state index in [9.17, 15) is 51.2 Å². The first-order valence-corrected chi connectivity index (χ1v) is 16.3. The van der Waals surface area contributed by atoms with Crippen LogP contribution in [0.4, 0.5) is 10.1 Å². The number of hydrogen-bond donors (Lipinski definition) is 8. The van der Waals surface area contributed by atoms with E-state index >= 15 is 0 Å². The van der Waals surface area contributed by atoms with Crippen LogP contribution in [0.3, 0.4) is 0 Å². The van der Waals surface area contributed by atoms with Gasteiger partial charge < -0.3 is 37.4 Å². The number of rotatable bonds is 21. The number of aliphatic carboxylic acids is 1. The third-order valence-electron chi connectivity index (χ3n) is 6.95. The lowest BCUT2D eigenvalue weighted by atomic mass is 9.74. The second-order valence-electron chi connectivity index (χ2n) is 12.2. The van der Waals surface area contributed by atoms with Gasteiger partial charge in [0.2, 0.25) is 23.6 Å². The van der Waals surface area contributed by atoms with Gasteiger partial charge in [-0.1, -0.05) is 13.8 Å². The van der Waals surface area contributed by atoms with Crippen molar-refractivity contribution in [1.82, 2.24) is 21.3 Å². The number of carbonyl (C=O) groups excluding carboxylic acids is 5. The van der Waals surface area contributed by atoms with Crippen molar-refractivity contribution in [2.75, 3.05) is 37.4 Å². The smallest absolute Gasteiger partial charge is 0.309 e. The zero-order valence-corrected chi connectivity index (χ0v) is 27.7. The molecule has 16 nitrogen and oxygen atoms in total. The van der Waals surface area contributed by atoms with Gasteiger partial charge in [-0.3, -0.25) is 33.3 Å². The normalized spacial score (nSPS) is 13.1. The number of alkyl halides is 1. The molecule has 9 N–H and O–H groups in total. The fourth-order valence-corrected chi connectivity index (χ4v) is 5.19. The Morgan fingerprint density at radius 1 is 0.894 bits per heavy atom. The lowest BCUT2D eigenvalue weighted by molar-refractivity contribution is -0.150. The predicted octanol–water partition coefficient (Wildman–Crippen LogP) is -0.0459. The molecule has 1 rings (SSSR count). The number of nitrogens with one attached hydrogen (secondary N) is 5. The van der Waals surface area contributed by atoms with Crippen LogP contribution in [0.2, 0.25) is 0 Å². The van der Waals surface area contributed by atoms with E-state index in [0.717, 1.165) is 0 Å². The van der Waals surface area contributed by atoms with Gasteiger partial charge in [-0.05, 0) is 63.8 Å². The highest BCUT2D eigenvalue weighted by Gasteiger charge is 2.40. The van der Waals surface area contributed by atoms with Gasteiger partial charge in [-0.15, -0.1) is 0 Å². The van der Waals surface area contributed by atoms with Crippen molar-refractivity contribution in [3.63, 3.8) is 0 Å². The molecule has 1 unspecified atom stereocenters. The maximum Gasteiger partial charge on any atom is 0.309 e. The third kappa shape index (κ3) is 15.2. The Morgan fingerprint density at radius 3 is 2.04 bits per heavy atom. The Hall–Kier alpha value is -4.32. The summed E-state index contributed by atoms with van der Waals surface area (Å²) in [6.07, 6.45) is 0.710. The summed E-state index contributed by atoms with van der Waals surface area (Å²) in [5, 5.41) is 21.6. The van der Waals surface area contributed by atoms with E-state index in [-0.39, 0.29) is 31.8 Å². The van der Waals surface area contributed by atoms with Crippen LogP contribution in [0, 0.1) is 10.8 Å². The van der Waals surface area contributed by atoms with Crippen LogP contribution in [0.5, 0.6) is 0 Å². The van der Waals surface area contributed by atoms with Gasteiger partial charge in [0, 0.05) is 29.8 Å². The zero-order valence-electron chi connectivity index (χ0n) is 26.9. The zero-order chi connectivity index (χ0) is 36.0. The van der Waals surface area contributed by atoms with Crippen molar-refractivity contribution in [3.05, 3.63) is 29.8 Å². The highest BCUT2D eigenvalue weighted by atomic mass is 32.2. The summed E-state index contributed by atoms with van der Waals surface area (Å²) in [4.78, 5) is 73.8. The number of amides is 5. The SMILES string of the molecule is CC(C)(CC(C)(C)C(=O)NC(CS(=O)(=O)O)C(=O)NCC(=O)N[C@@H](CCCCNC(=O)c1ccc(NCCF)cc1)C(N)=O)C(=O)O. The minimum Gasteiger partial charge on any atom is -0.481 e. The molecule has 264 valence electrons. The molecular formula is C29H45FN6O10S. The van der Waals surface area contributed by atoms with Crippen LogP contribution in [0.1, 0.15) is 63.7 Å². The Morgan fingerprint density at radius 2 is 1.51 bits per heavy atom. The monoisotopic (exact) mass is 688 g/mol. The number of nitrogens with two attached hydrogens (primary N) is 1. The van der Waals surface area contributed by atoms with E-state index in [1.807, 2.05) is 0 Å². The molecule has 0 aliphatic heterocycles. The van der Waals surface area contributed by atoms with Crippen molar-refractivity contribution < 1.29 is 51.2 Å². The van der Waals surface area contributed by atoms with Gasteiger partial charge in [-0.25, -0.2) is 4.39 Å². The molecule has 0 aromatic heterocycles. The summed E-state index contributed by atoms with van der Waals surface area (Å²) in [6.45, 7) is 4.71. The van der Waals surface area contributed by atoms with Crippen molar-refractivity contribution >= 4 is 51.3 Å². The Labute approximate surface area is 272 Å². The standard InChI is InChI=1S/C29H45FN6O10S/c1-28(2,17-29(3,4)27(42)43)26(41)36-21(16-47(44,45)46)25(40)34-15-22(37)35-20(23(31)38)7-5-6-13-33-24(39)18-8-10-19(11-9-18)32-14-12-30/h8-11,20-21,32H,5-7,12-17H2,1-4H3,(H2,31,38)(H,33,39)(H,34,40)(H,35,37)(H,36,41)(H,42,43)(H,44,45,46)/t20-,21?/m0/s1. The van der Waals surface area contributed by atoms with Crippen molar-refractivity contribution in [2.45, 2.75) is 65.5 Å². The number of anilines is 1. The Kier molecular flexibility index (Phi) is 15.7. The van der Waals surface area contributed by atoms with E-state index < -0.39 is 81.6 Å². The quantitative estimate of drug-likeness (QED) is 0.0627. The number of benzene rings is 1. The average Bonchev–Trinajstić information content (AvgIpc) is 2.96. The molecule has 0 aliphatic rings. The summed E-state index contributed by atoms with van der Waals surface area (Å²) in [5.41, 5.74) is 3.72. The molecule has 1 aromatic carbocycles. The van der Waals surface area contributed by atoms with Crippen LogP contribution in [0.15, 0.2) is 24.3 Å². The molecule has 5 amide bonds. The molecule has 0 aliphatic carbocycles. The molecular weight excluding hydrogens is 643 g/mol. The fraction of sp³-hybridized carbons (Fsp3) is 0.586. The van der Waals surface area contributed by atoms with Crippen LogP contribution in [-0.2, 0) is 34.1 Å². The molecule has 0 spiro atoms. The number of primary amides is 1. The molecule has 18 heteroatoms. The average molecular weight is 689 g/mol. The second-order valence-corrected chi connectivity index (χ2v) is 13.7. The number of halogens is 1. The van der Waals surface area contributed by atoms with Crippen molar-refractivity contribution in [3.8, 4) is 0 Å². The lowest BCUT2D eigenvalue weighted by Crippen LogP contribution is -2.55. The fourth-order valence-electron chi connectivity index (χ4n) is 4.54. The third-order valence-corrected chi connectivity index (χ3v) is 7.71. The number of carboxylic acids is 1. The number of carbonyl (C=O) groups is 6. The summed E-state index contributed by atoms with van der Waals surface area (Å²) < 4.78 is 44.6. The van der Waals surface area contributed by atoms with E-state index in [1.54, 1.807) is 24.3 Å². The highest BCUT2D eigenvalue weighted by Crippen LogP contribution is 2.34. The van der Waals surface area contributed by atoms with Gasteiger partial charge in [0.1, 0.15) is 24.5 Å². The molecule has 0 bridgehead atoms. The van der Waals surface area contributed by atoms with Gasteiger partial charge in [0.15, 0.2) is 0 Å². The molecule has 47 heavy (non-hydrogen) atoms. The summed E-state index contributed by atoms with van der Waals surface area (Å²) >= 11 is 0. The molecule has 0 radical (unpaired) electrons. The Balaban J connectivity index is 2.65. The van der Waals surface area contributed by atoms with E-state index in [1.165, 1.54) is 27.7 Å². The van der Waals surface area contributed by atoms with Gasteiger partial charge in [0.05, 0.1) is 12.0 Å². The first-order valence-electron chi connectivity index (χ1n) is 14.7. The molecule has 0 fully saturated rings. The van der Waals surface area contributed by atoms with E-state index in [0.29, 0.717) is 24.1 Å². The maximum atomic E-state index is 12.9. The maximum absolute atomic E-state index is 12.9. The van der Waals surface area contributed by atoms with Crippen LogP contribution < -0.4 is 32.3 Å². The molecule has 0 saturated heterocycles. The van der Waals surface area contributed by atoms with Crippen LogP contribution >= 0.6 is 0 Å². The molecule has 2 atom stereocenters. The van der Waals surface area contributed by atoms with Crippen molar-refractivity contribution in [2.24, 2.45) is 16.6 Å². The lowest BCUT2D eigenvalue weighted by Gasteiger charge is -2.32. The summed E-state index contributed by atoms with van der Waals surface area (Å²) in [5.74, 6) is -6.48. The topological polar surface area (TPSA) is 263 Å².